The summed E-state index contributed by atoms with van der Waals surface area (Å²) in [6.45, 7) is 11.4. The Balaban J connectivity index is 1.69. The van der Waals surface area contributed by atoms with E-state index in [1.165, 1.54) is 42.5 Å². The molecule has 0 aliphatic rings. The van der Waals surface area contributed by atoms with E-state index in [0.717, 1.165) is 18.2 Å². The largest absolute Gasteiger partial charge is 0.494 e. The lowest BCUT2D eigenvalue weighted by Gasteiger charge is -2.21. The third-order valence-corrected chi connectivity index (χ3v) is 6.82. The molecule has 0 fully saturated rings. The van der Waals surface area contributed by atoms with E-state index in [-0.39, 0.29) is 36.7 Å². The topological polar surface area (TPSA) is 107 Å². The van der Waals surface area contributed by atoms with E-state index in [0.29, 0.717) is 55.9 Å². The van der Waals surface area contributed by atoms with Gasteiger partial charge in [-0.05, 0) is 92.4 Å². The highest BCUT2D eigenvalue weighted by Gasteiger charge is 2.49. The Morgan fingerprint density at radius 3 is 1.31 bits per heavy atom. The number of benzene rings is 3. The predicted molar refractivity (Wildman–Crippen MR) is 175 cm³/mol. The summed E-state index contributed by atoms with van der Waals surface area (Å²) in [4.78, 5) is 36.5. The summed E-state index contributed by atoms with van der Waals surface area (Å²) in [5, 5.41) is 0. The second-order valence-electron chi connectivity index (χ2n) is 10.6. The van der Waals surface area contributed by atoms with Crippen LogP contribution in [0, 0.1) is 0 Å². The van der Waals surface area contributed by atoms with Crippen molar-refractivity contribution in [3.05, 3.63) is 121 Å². The van der Waals surface area contributed by atoms with Crippen molar-refractivity contribution in [3.8, 4) is 23.0 Å². The smallest absolute Gasteiger partial charge is 0.420 e. The zero-order valence-electron chi connectivity index (χ0n) is 27.6. The molecule has 0 saturated heterocycles. The summed E-state index contributed by atoms with van der Waals surface area (Å²) in [7, 11) is 0. The lowest BCUT2D eigenvalue weighted by Crippen LogP contribution is -2.22. The van der Waals surface area contributed by atoms with Gasteiger partial charge in [-0.3, -0.25) is 0 Å². The Labute approximate surface area is 295 Å². The van der Waals surface area contributed by atoms with Gasteiger partial charge < -0.3 is 28.4 Å². The van der Waals surface area contributed by atoms with Crippen molar-refractivity contribution in [2.45, 2.75) is 38.0 Å². The van der Waals surface area contributed by atoms with Gasteiger partial charge >= 0.3 is 30.3 Å². The number of unbranched alkanes of at least 4 members (excludes halogenated alkanes) is 2. The molecule has 0 atom stereocenters. The molecule has 0 amide bonds. The van der Waals surface area contributed by atoms with Gasteiger partial charge in [-0.25, -0.2) is 14.4 Å². The number of allylic oxidation sites excluding steroid dienone is 1. The van der Waals surface area contributed by atoms with Gasteiger partial charge in [0, 0.05) is 6.08 Å². The SMILES string of the molecule is C=CC(=C)OCCCCOc1ccc(C(=O)Oc2ccc(OC(=O)c3ccc(OCCCCOC(=O)C=C)cc3)c(C(F)(F)F)c2C(F)(F)F)cc1. The molecule has 0 unspecified atom stereocenters. The molecule has 0 saturated carbocycles. The van der Waals surface area contributed by atoms with Crippen molar-refractivity contribution >= 4 is 17.9 Å². The molecule has 0 N–H and O–H groups in total. The van der Waals surface area contributed by atoms with Gasteiger partial charge in [0.2, 0.25) is 0 Å². The summed E-state index contributed by atoms with van der Waals surface area (Å²) in [6, 6.07) is 10.8. The van der Waals surface area contributed by atoms with Crippen molar-refractivity contribution in [3.63, 3.8) is 0 Å². The first-order chi connectivity index (χ1) is 24.6. The Kier molecular flexibility index (Phi) is 14.9. The number of hydrogen-bond donors (Lipinski definition) is 0. The van der Waals surface area contributed by atoms with Crippen molar-refractivity contribution in [2.24, 2.45) is 0 Å². The fourth-order valence-corrected chi connectivity index (χ4v) is 4.27. The Bertz CT molecular complexity index is 1590. The molecule has 0 bridgehead atoms. The standard InChI is InChI=1S/C37H34F6O9/c1-4-24(3)47-20-6-7-21-48-27-14-10-25(11-15-27)34(45)51-29-18-19-30(33(37(41,42)43)32(29)36(38,39)40)52-35(46)26-12-16-28(17-13-26)49-22-8-9-23-50-31(44)5-2/h4-5,10-19H,1-3,6-9,20-23H2. The maximum absolute atomic E-state index is 14.2. The van der Waals surface area contributed by atoms with Crippen molar-refractivity contribution in [2.75, 3.05) is 26.4 Å². The van der Waals surface area contributed by atoms with E-state index in [4.69, 9.17) is 28.4 Å². The predicted octanol–water partition coefficient (Wildman–Crippen LogP) is 8.93. The zero-order valence-corrected chi connectivity index (χ0v) is 27.6. The molecule has 0 aromatic heterocycles. The van der Waals surface area contributed by atoms with E-state index in [9.17, 15) is 40.7 Å². The average molecular weight is 737 g/mol. The second kappa shape index (κ2) is 19.0. The molecule has 0 aliphatic heterocycles. The molecule has 15 heteroatoms. The molecule has 9 nitrogen and oxygen atoms in total. The minimum absolute atomic E-state index is 0.148. The number of hydrogen-bond acceptors (Lipinski definition) is 9. The van der Waals surface area contributed by atoms with Crippen LogP contribution in [0.5, 0.6) is 23.0 Å². The zero-order chi connectivity index (χ0) is 38.3. The van der Waals surface area contributed by atoms with Gasteiger partial charge in [0.1, 0.15) is 39.9 Å². The molecule has 0 radical (unpaired) electrons. The minimum Gasteiger partial charge on any atom is -0.494 e. The monoisotopic (exact) mass is 736 g/mol. The van der Waals surface area contributed by atoms with Gasteiger partial charge in [0.05, 0.1) is 37.6 Å². The summed E-state index contributed by atoms with van der Waals surface area (Å²) in [5.41, 5.74) is -5.29. The van der Waals surface area contributed by atoms with Crippen LogP contribution in [0.15, 0.2) is 98.3 Å². The number of carbonyl (C=O) groups excluding carboxylic acids is 3. The first kappa shape index (κ1) is 40.7. The van der Waals surface area contributed by atoms with Crippen molar-refractivity contribution in [1.29, 1.82) is 0 Å². The first-order valence-electron chi connectivity index (χ1n) is 15.6. The molecule has 3 aromatic rings. The van der Waals surface area contributed by atoms with E-state index >= 15 is 0 Å². The van der Waals surface area contributed by atoms with Crippen LogP contribution in [0.3, 0.4) is 0 Å². The Morgan fingerprint density at radius 2 is 0.942 bits per heavy atom. The van der Waals surface area contributed by atoms with Crippen LogP contribution in [-0.4, -0.2) is 44.3 Å². The van der Waals surface area contributed by atoms with Crippen LogP contribution >= 0.6 is 0 Å². The molecule has 3 aromatic carbocycles. The first-order valence-corrected chi connectivity index (χ1v) is 15.6. The van der Waals surface area contributed by atoms with Gasteiger partial charge in [-0.2, -0.15) is 26.3 Å². The van der Waals surface area contributed by atoms with Crippen molar-refractivity contribution < 1.29 is 69.1 Å². The number of rotatable bonds is 19. The summed E-state index contributed by atoms with van der Waals surface area (Å²) < 4.78 is 116. The van der Waals surface area contributed by atoms with E-state index < -0.39 is 52.9 Å². The van der Waals surface area contributed by atoms with Gasteiger partial charge in [-0.1, -0.05) is 19.7 Å². The molecule has 52 heavy (non-hydrogen) atoms. The third kappa shape index (κ3) is 12.5. The van der Waals surface area contributed by atoms with E-state index in [1.807, 2.05) is 0 Å². The van der Waals surface area contributed by atoms with E-state index in [2.05, 4.69) is 19.7 Å². The second-order valence-corrected chi connectivity index (χ2v) is 10.6. The number of ether oxygens (including phenoxy) is 6. The van der Waals surface area contributed by atoms with Crippen LogP contribution in [0.2, 0.25) is 0 Å². The van der Waals surface area contributed by atoms with Gasteiger partial charge in [0.25, 0.3) is 0 Å². The van der Waals surface area contributed by atoms with Gasteiger partial charge in [-0.15, -0.1) is 0 Å². The maximum atomic E-state index is 14.2. The summed E-state index contributed by atoms with van der Waals surface area (Å²) >= 11 is 0. The Hall–Kier alpha value is -5.73. The maximum Gasteiger partial charge on any atom is 0.420 e. The highest BCUT2D eigenvalue weighted by molar-refractivity contribution is 5.92. The van der Waals surface area contributed by atoms with Gasteiger partial charge in [0.15, 0.2) is 0 Å². The fraction of sp³-hybridized carbons (Fsp3) is 0.270. The van der Waals surface area contributed by atoms with Crippen LogP contribution in [0.4, 0.5) is 26.3 Å². The van der Waals surface area contributed by atoms with Crippen LogP contribution in [0.1, 0.15) is 57.5 Å². The normalized spacial score (nSPS) is 11.2. The Morgan fingerprint density at radius 1 is 0.558 bits per heavy atom. The molecule has 0 heterocycles. The number of alkyl halides is 6. The number of carbonyl (C=O) groups is 3. The molecular formula is C37H34F6O9. The lowest BCUT2D eigenvalue weighted by molar-refractivity contribution is -0.163. The average Bonchev–Trinajstić information content (AvgIpc) is 3.10. The lowest BCUT2D eigenvalue weighted by atomic mass is 10.0. The summed E-state index contributed by atoms with van der Waals surface area (Å²) in [5.74, 6) is -5.23. The third-order valence-electron chi connectivity index (χ3n) is 6.82. The molecule has 3 rings (SSSR count). The molecular weight excluding hydrogens is 702 g/mol. The summed E-state index contributed by atoms with van der Waals surface area (Å²) in [6.07, 6.45) is -6.68. The number of esters is 3. The van der Waals surface area contributed by atoms with E-state index in [1.54, 1.807) is 0 Å². The molecule has 278 valence electrons. The van der Waals surface area contributed by atoms with Crippen LogP contribution < -0.4 is 18.9 Å². The van der Waals surface area contributed by atoms with Crippen LogP contribution in [-0.2, 0) is 26.6 Å². The quantitative estimate of drug-likeness (QED) is 0.0227. The number of halogens is 6. The minimum atomic E-state index is -5.70. The fourth-order valence-electron chi connectivity index (χ4n) is 4.27. The molecule has 0 spiro atoms. The highest BCUT2D eigenvalue weighted by Crippen LogP contribution is 2.49. The highest BCUT2D eigenvalue weighted by atomic mass is 19.4. The van der Waals surface area contributed by atoms with Crippen molar-refractivity contribution in [1.82, 2.24) is 0 Å². The van der Waals surface area contributed by atoms with Crippen LogP contribution in [0.25, 0.3) is 0 Å². The molecule has 0 aliphatic carbocycles.